The van der Waals surface area contributed by atoms with Crippen LogP contribution in [0.3, 0.4) is 0 Å². The molecule has 1 rings (SSSR count). The molecule has 0 spiro atoms. The lowest BCUT2D eigenvalue weighted by Gasteiger charge is -2.06. The molecule has 0 N–H and O–H groups in total. The third-order valence-corrected chi connectivity index (χ3v) is 1.96. The predicted octanol–water partition coefficient (Wildman–Crippen LogP) is 1.48. The van der Waals surface area contributed by atoms with Crippen molar-refractivity contribution in [3.8, 4) is 0 Å². The van der Waals surface area contributed by atoms with Gasteiger partial charge in [-0.2, -0.15) is 0 Å². The van der Waals surface area contributed by atoms with E-state index in [0.717, 1.165) is 0 Å². The molecule has 0 aromatic heterocycles. The minimum atomic E-state index is -0.253. The molecule has 0 bridgehead atoms. The van der Waals surface area contributed by atoms with E-state index in [1.807, 2.05) is 13.8 Å². The summed E-state index contributed by atoms with van der Waals surface area (Å²) in [6.45, 7) is 7.47. The van der Waals surface area contributed by atoms with E-state index in [0.29, 0.717) is 5.76 Å². The van der Waals surface area contributed by atoms with Crippen molar-refractivity contribution in [3.05, 3.63) is 18.1 Å². The molecule has 1 heterocycles. The maximum Gasteiger partial charge on any atom is 0.171 e. The van der Waals surface area contributed by atoms with E-state index in [1.165, 1.54) is 0 Å². The SMILES string of the molecule is C=C=C(OC)C1(C)OC1C. The number of hydrogen-bond acceptors (Lipinski definition) is 2. The van der Waals surface area contributed by atoms with Gasteiger partial charge in [0, 0.05) is 0 Å². The van der Waals surface area contributed by atoms with Crippen molar-refractivity contribution in [1.82, 2.24) is 0 Å². The van der Waals surface area contributed by atoms with Crippen molar-refractivity contribution in [1.29, 1.82) is 0 Å². The van der Waals surface area contributed by atoms with Crippen molar-refractivity contribution in [3.63, 3.8) is 0 Å². The van der Waals surface area contributed by atoms with Crippen molar-refractivity contribution >= 4 is 0 Å². The molecule has 1 aliphatic heterocycles. The van der Waals surface area contributed by atoms with Gasteiger partial charge in [0.25, 0.3) is 0 Å². The van der Waals surface area contributed by atoms with Gasteiger partial charge in [0.15, 0.2) is 11.4 Å². The maximum atomic E-state index is 5.28. The van der Waals surface area contributed by atoms with Crippen LogP contribution in [0.5, 0.6) is 0 Å². The highest BCUT2D eigenvalue weighted by Crippen LogP contribution is 2.41. The van der Waals surface area contributed by atoms with Crippen LogP contribution in [0.4, 0.5) is 0 Å². The average Bonchev–Trinajstić information content (AvgIpc) is 2.44. The molecule has 10 heavy (non-hydrogen) atoms. The average molecular weight is 140 g/mol. The number of ether oxygens (including phenoxy) is 2. The summed E-state index contributed by atoms with van der Waals surface area (Å²) >= 11 is 0. The molecular weight excluding hydrogens is 128 g/mol. The van der Waals surface area contributed by atoms with Gasteiger partial charge in [-0.25, -0.2) is 0 Å². The number of hydrogen-bond donors (Lipinski definition) is 0. The van der Waals surface area contributed by atoms with Crippen LogP contribution >= 0.6 is 0 Å². The van der Waals surface area contributed by atoms with Crippen LogP contribution in [-0.2, 0) is 9.47 Å². The molecule has 0 aliphatic carbocycles. The van der Waals surface area contributed by atoms with Gasteiger partial charge in [-0.3, -0.25) is 0 Å². The summed E-state index contributed by atoms with van der Waals surface area (Å²) in [5.41, 5.74) is 2.45. The van der Waals surface area contributed by atoms with Crippen molar-refractivity contribution in [2.75, 3.05) is 7.11 Å². The monoisotopic (exact) mass is 140 g/mol. The van der Waals surface area contributed by atoms with Gasteiger partial charge in [0.1, 0.15) is 0 Å². The van der Waals surface area contributed by atoms with E-state index < -0.39 is 0 Å². The van der Waals surface area contributed by atoms with Crippen LogP contribution in [0.2, 0.25) is 0 Å². The van der Waals surface area contributed by atoms with E-state index in [-0.39, 0.29) is 11.7 Å². The molecule has 0 saturated carbocycles. The van der Waals surface area contributed by atoms with Crippen LogP contribution < -0.4 is 0 Å². The molecule has 0 aromatic carbocycles. The van der Waals surface area contributed by atoms with Crippen LogP contribution in [0, 0.1) is 0 Å². The second kappa shape index (κ2) is 2.15. The molecule has 2 nitrogen and oxygen atoms in total. The predicted molar refractivity (Wildman–Crippen MR) is 38.6 cm³/mol. The lowest BCUT2D eigenvalue weighted by molar-refractivity contribution is 0.209. The van der Waals surface area contributed by atoms with E-state index in [1.54, 1.807) is 7.11 Å². The smallest absolute Gasteiger partial charge is 0.171 e. The summed E-state index contributed by atoms with van der Waals surface area (Å²) in [6, 6.07) is 0. The summed E-state index contributed by atoms with van der Waals surface area (Å²) in [6.07, 6.45) is 0.233. The van der Waals surface area contributed by atoms with Crippen molar-refractivity contribution < 1.29 is 9.47 Å². The Labute approximate surface area is 61.1 Å². The minimum absolute atomic E-state index is 0.233. The Balaban J connectivity index is 2.74. The highest BCUT2D eigenvalue weighted by Gasteiger charge is 2.53. The molecule has 0 aromatic rings. The van der Waals surface area contributed by atoms with Gasteiger partial charge in [-0.15, -0.1) is 0 Å². The van der Waals surface area contributed by atoms with E-state index in [2.05, 4.69) is 12.3 Å². The Morgan fingerprint density at radius 2 is 2.30 bits per heavy atom. The molecule has 1 aliphatic rings. The Morgan fingerprint density at radius 3 is 2.40 bits per heavy atom. The van der Waals surface area contributed by atoms with Crippen LogP contribution in [0.1, 0.15) is 13.8 Å². The molecule has 0 radical (unpaired) electrons. The normalized spacial score (nSPS) is 36.5. The summed E-state index contributed by atoms with van der Waals surface area (Å²) in [4.78, 5) is 0. The van der Waals surface area contributed by atoms with Gasteiger partial charge in [-0.05, 0) is 13.8 Å². The zero-order chi connectivity index (χ0) is 7.78. The fourth-order valence-electron chi connectivity index (χ4n) is 1.02. The number of rotatable bonds is 2. The largest absolute Gasteiger partial charge is 0.490 e. The summed E-state index contributed by atoms with van der Waals surface area (Å²) in [5.74, 6) is 0.694. The third-order valence-electron chi connectivity index (χ3n) is 1.96. The Kier molecular flexibility index (Phi) is 1.59. The van der Waals surface area contributed by atoms with Gasteiger partial charge in [0.2, 0.25) is 0 Å². The standard InChI is InChI=1S/C8H12O2/c1-5-7(9-4)8(3)6(2)10-8/h6H,1H2,2-4H3. The first kappa shape index (κ1) is 7.39. The molecule has 1 saturated heterocycles. The highest BCUT2D eigenvalue weighted by molar-refractivity contribution is 5.18. The Morgan fingerprint density at radius 1 is 1.80 bits per heavy atom. The van der Waals surface area contributed by atoms with Crippen LogP contribution in [0.25, 0.3) is 0 Å². The number of epoxide rings is 1. The fraction of sp³-hybridized carbons (Fsp3) is 0.625. The quantitative estimate of drug-likeness (QED) is 0.329. The number of methoxy groups -OCH3 is 1. The highest BCUT2D eigenvalue weighted by atomic mass is 16.6. The molecule has 2 atom stereocenters. The molecule has 2 heteroatoms. The Bertz CT molecular complexity index is 191. The van der Waals surface area contributed by atoms with Gasteiger partial charge in [0.05, 0.1) is 13.2 Å². The maximum absolute atomic E-state index is 5.28. The molecular formula is C8H12O2. The fourth-order valence-corrected chi connectivity index (χ4v) is 1.02. The van der Waals surface area contributed by atoms with E-state index in [9.17, 15) is 0 Å². The second-order valence-corrected chi connectivity index (χ2v) is 2.58. The first-order valence-corrected chi connectivity index (χ1v) is 3.27. The lowest BCUT2D eigenvalue weighted by Crippen LogP contribution is -2.12. The lowest BCUT2D eigenvalue weighted by atomic mass is 10.1. The molecule has 2 unspecified atom stereocenters. The molecule has 1 fully saturated rings. The van der Waals surface area contributed by atoms with Crippen molar-refractivity contribution in [2.24, 2.45) is 0 Å². The molecule has 56 valence electrons. The molecule has 0 amide bonds. The van der Waals surface area contributed by atoms with Gasteiger partial charge in [-0.1, -0.05) is 12.3 Å². The van der Waals surface area contributed by atoms with Gasteiger partial charge >= 0.3 is 0 Å². The van der Waals surface area contributed by atoms with E-state index in [4.69, 9.17) is 9.47 Å². The van der Waals surface area contributed by atoms with E-state index >= 15 is 0 Å². The third kappa shape index (κ3) is 0.859. The second-order valence-electron chi connectivity index (χ2n) is 2.58. The van der Waals surface area contributed by atoms with Crippen molar-refractivity contribution in [2.45, 2.75) is 25.6 Å². The van der Waals surface area contributed by atoms with Crippen LogP contribution in [0.15, 0.2) is 18.1 Å². The summed E-state index contributed by atoms with van der Waals surface area (Å²) in [7, 11) is 1.60. The zero-order valence-electron chi connectivity index (χ0n) is 6.60. The zero-order valence-corrected chi connectivity index (χ0v) is 6.60. The topological polar surface area (TPSA) is 21.8 Å². The first-order valence-electron chi connectivity index (χ1n) is 3.27. The summed E-state index contributed by atoms with van der Waals surface area (Å²) in [5, 5.41) is 0. The Hall–Kier alpha value is -0.720. The van der Waals surface area contributed by atoms with Gasteiger partial charge < -0.3 is 9.47 Å². The minimum Gasteiger partial charge on any atom is -0.490 e. The first-order chi connectivity index (χ1) is 4.65. The summed E-state index contributed by atoms with van der Waals surface area (Å²) < 4.78 is 10.3. The van der Waals surface area contributed by atoms with Crippen LogP contribution in [-0.4, -0.2) is 18.8 Å².